The van der Waals surface area contributed by atoms with E-state index in [9.17, 15) is 4.79 Å². The Morgan fingerprint density at radius 2 is 1.36 bits per heavy atom. The van der Waals surface area contributed by atoms with E-state index in [1.165, 1.54) is 28.5 Å². The maximum atomic E-state index is 12.7. The molecule has 4 nitrogen and oxygen atoms in total. The average Bonchev–Trinajstić information content (AvgIpc) is 3.25. The summed E-state index contributed by atoms with van der Waals surface area (Å²) in [5, 5.41) is 0.827. The summed E-state index contributed by atoms with van der Waals surface area (Å²) in [5.41, 5.74) is 5.05. The fraction of sp³-hybridized carbons (Fsp3) is 0.290. The van der Waals surface area contributed by atoms with Crippen molar-refractivity contribution in [1.29, 1.82) is 0 Å². The van der Waals surface area contributed by atoms with Crippen LogP contribution < -0.4 is 0 Å². The van der Waals surface area contributed by atoms with Gasteiger partial charge >= 0.3 is 0 Å². The molecule has 36 heavy (non-hydrogen) atoms. The fourth-order valence-electron chi connectivity index (χ4n) is 4.82. The number of piperazine rings is 1. The lowest BCUT2D eigenvalue weighted by Gasteiger charge is -2.40. The largest absolute Gasteiger partial charge is 0.348 e. The van der Waals surface area contributed by atoms with Crippen LogP contribution in [-0.2, 0) is 10.2 Å². The van der Waals surface area contributed by atoms with Gasteiger partial charge in [0.25, 0.3) is 5.91 Å². The molecule has 0 atom stereocenters. The van der Waals surface area contributed by atoms with Gasteiger partial charge in [0.05, 0.1) is 10.9 Å². The number of rotatable bonds is 4. The minimum absolute atomic E-state index is 0.113. The topological polar surface area (TPSA) is 35.9 Å². The minimum Gasteiger partial charge on any atom is -0.348 e. The third-order valence-corrected chi connectivity index (χ3v) is 7.91. The van der Waals surface area contributed by atoms with Crippen LogP contribution in [0.5, 0.6) is 0 Å². The molecule has 1 saturated heterocycles. The van der Waals surface area contributed by atoms with E-state index in [1.54, 1.807) is 0 Å². The predicted octanol–water partition coefficient (Wildman–Crippen LogP) is 6.36. The first-order chi connectivity index (χ1) is 17.4. The Morgan fingerprint density at radius 1 is 0.806 bits per heavy atom. The van der Waals surface area contributed by atoms with Crippen LogP contribution in [0.15, 0.2) is 94.8 Å². The third-order valence-electron chi connectivity index (χ3n) is 6.86. The first kappa shape index (κ1) is 24.5. The van der Waals surface area contributed by atoms with Crippen molar-refractivity contribution in [3.05, 3.63) is 112 Å². The summed E-state index contributed by atoms with van der Waals surface area (Å²) in [6, 6.07) is 30.1. The Bertz CT molecular complexity index is 1210. The first-order valence-electron chi connectivity index (χ1n) is 12.6. The molecule has 1 fully saturated rings. The minimum atomic E-state index is -0.135. The van der Waals surface area contributed by atoms with Crippen LogP contribution >= 0.6 is 11.8 Å². The van der Waals surface area contributed by atoms with Gasteiger partial charge in [-0.2, -0.15) is 4.99 Å². The zero-order valence-electron chi connectivity index (χ0n) is 21.2. The summed E-state index contributed by atoms with van der Waals surface area (Å²) in [4.78, 5) is 22.6. The van der Waals surface area contributed by atoms with Gasteiger partial charge in [-0.1, -0.05) is 106 Å². The second-order valence-corrected chi connectivity index (χ2v) is 11.4. The van der Waals surface area contributed by atoms with E-state index in [1.807, 2.05) is 6.08 Å². The van der Waals surface area contributed by atoms with Crippen LogP contribution in [-0.4, -0.2) is 47.1 Å². The van der Waals surface area contributed by atoms with Crippen LogP contribution in [0.3, 0.4) is 0 Å². The van der Waals surface area contributed by atoms with Crippen molar-refractivity contribution in [2.45, 2.75) is 32.2 Å². The normalized spacial score (nSPS) is 18.2. The zero-order chi connectivity index (χ0) is 25.1. The van der Waals surface area contributed by atoms with Gasteiger partial charge in [0.15, 0.2) is 5.17 Å². The number of hydrogen-bond acceptors (Lipinski definition) is 4. The number of carbonyl (C=O) groups excluding carboxylic acids is 1. The lowest BCUT2D eigenvalue weighted by molar-refractivity contribution is -0.113. The van der Waals surface area contributed by atoms with Crippen LogP contribution in [0.25, 0.3) is 6.08 Å². The van der Waals surface area contributed by atoms with Crippen LogP contribution in [0, 0.1) is 0 Å². The molecule has 0 spiro atoms. The SMILES string of the molecule is CC(C)(C)c1ccc(/C=C2/SC(N3CCN(C(c4ccccc4)c4ccccc4)CC3)=NC2=O)cc1. The highest BCUT2D eigenvalue weighted by Crippen LogP contribution is 2.33. The van der Waals surface area contributed by atoms with E-state index in [-0.39, 0.29) is 17.4 Å². The van der Waals surface area contributed by atoms with Crippen LogP contribution in [0.1, 0.15) is 49.1 Å². The Balaban J connectivity index is 1.26. The number of carbonyl (C=O) groups is 1. The van der Waals surface area contributed by atoms with Gasteiger partial charge in [-0.3, -0.25) is 9.69 Å². The summed E-state index contributed by atoms with van der Waals surface area (Å²) in [6.45, 7) is 10.1. The average molecular weight is 496 g/mol. The second kappa shape index (κ2) is 10.5. The van der Waals surface area contributed by atoms with Crippen molar-refractivity contribution in [2.75, 3.05) is 26.2 Å². The van der Waals surface area contributed by atoms with Gasteiger partial charge in [-0.25, -0.2) is 0 Å². The van der Waals surface area contributed by atoms with Crippen molar-refractivity contribution in [3.8, 4) is 0 Å². The van der Waals surface area contributed by atoms with Gasteiger partial charge in [0.1, 0.15) is 0 Å². The first-order valence-corrected chi connectivity index (χ1v) is 13.4. The number of thioether (sulfide) groups is 1. The maximum Gasteiger partial charge on any atom is 0.286 e. The molecule has 3 aromatic carbocycles. The molecule has 0 aliphatic carbocycles. The quantitative estimate of drug-likeness (QED) is 0.395. The molecule has 2 heterocycles. The molecule has 2 aliphatic heterocycles. The Labute approximate surface area is 218 Å². The molecule has 0 radical (unpaired) electrons. The third kappa shape index (κ3) is 5.48. The summed E-state index contributed by atoms with van der Waals surface area (Å²) in [7, 11) is 0. The van der Waals surface area contributed by atoms with Gasteiger partial charge < -0.3 is 4.90 Å². The molecule has 5 rings (SSSR count). The van der Waals surface area contributed by atoms with Crippen molar-refractivity contribution in [2.24, 2.45) is 4.99 Å². The van der Waals surface area contributed by atoms with Gasteiger partial charge in [-0.05, 0) is 45.5 Å². The molecule has 0 aromatic heterocycles. The monoisotopic (exact) mass is 495 g/mol. The Hall–Kier alpha value is -3.15. The standard InChI is InChI=1S/C31H33N3OS/c1-31(2,3)26-16-14-23(15-17-26)22-27-29(35)32-30(36-27)34-20-18-33(19-21-34)28(24-10-6-4-7-11-24)25-12-8-5-9-13-25/h4-17,22,28H,18-21H2,1-3H3/b27-22+. The molecular formula is C31H33N3OS. The summed E-state index contributed by atoms with van der Waals surface area (Å²) >= 11 is 1.50. The number of aliphatic imine (C=N–C) groups is 1. The molecule has 0 unspecified atom stereocenters. The highest BCUT2D eigenvalue weighted by molar-refractivity contribution is 8.18. The summed E-state index contributed by atoms with van der Waals surface area (Å²) in [5.74, 6) is -0.135. The maximum absolute atomic E-state index is 12.7. The van der Waals surface area contributed by atoms with Crippen molar-refractivity contribution in [3.63, 3.8) is 0 Å². The summed E-state index contributed by atoms with van der Waals surface area (Å²) < 4.78 is 0. The van der Waals surface area contributed by atoms with E-state index < -0.39 is 0 Å². The smallest absolute Gasteiger partial charge is 0.286 e. The molecule has 3 aromatic rings. The van der Waals surface area contributed by atoms with E-state index in [2.05, 4.69) is 120 Å². The fourth-order valence-corrected chi connectivity index (χ4v) is 5.79. The molecule has 184 valence electrons. The number of nitrogens with zero attached hydrogens (tertiary/aromatic N) is 3. The van der Waals surface area contributed by atoms with Gasteiger partial charge in [0.2, 0.25) is 0 Å². The number of benzene rings is 3. The Kier molecular flexibility index (Phi) is 7.13. The van der Waals surface area contributed by atoms with Crippen molar-refractivity contribution < 1.29 is 4.79 Å². The predicted molar refractivity (Wildman–Crippen MR) is 151 cm³/mol. The lowest BCUT2D eigenvalue weighted by atomic mass is 9.87. The highest BCUT2D eigenvalue weighted by Gasteiger charge is 2.31. The molecule has 2 aliphatic rings. The Morgan fingerprint density at radius 3 is 1.89 bits per heavy atom. The van der Waals surface area contributed by atoms with Crippen LogP contribution in [0.2, 0.25) is 0 Å². The van der Waals surface area contributed by atoms with E-state index in [0.717, 1.165) is 36.9 Å². The summed E-state index contributed by atoms with van der Waals surface area (Å²) in [6.07, 6.45) is 1.97. The van der Waals surface area contributed by atoms with E-state index >= 15 is 0 Å². The molecule has 0 N–H and O–H groups in total. The zero-order valence-corrected chi connectivity index (χ0v) is 22.0. The molecule has 1 amide bonds. The number of amides is 1. The number of amidine groups is 1. The molecular weight excluding hydrogens is 462 g/mol. The van der Waals surface area contributed by atoms with Crippen molar-refractivity contribution >= 4 is 28.9 Å². The second-order valence-electron chi connectivity index (χ2n) is 10.4. The highest BCUT2D eigenvalue weighted by atomic mass is 32.2. The van der Waals surface area contributed by atoms with E-state index in [0.29, 0.717) is 4.91 Å². The number of hydrogen-bond donors (Lipinski definition) is 0. The van der Waals surface area contributed by atoms with Crippen LogP contribution in [0.4, 0.5) is 0 Å². The molecule has 5 heteroatoms. The van der Waals surface area contributed by atoms with Gasteiger partial charge in [-0.15, -0.1) is 0 Å². The van der Waals surface area contributed by atoms with Crippen molar-refractivity contribution in [1.82, 2.24) is 9.80 Å². The lowest BCUT2D eigenvalue weighted by Crippen LogP contribution is -2.49. The molecule has 0 saturated carbocycles. The van der Waals surface area contributed by atoms with E-state index in [4.69, 9.17) is 0 Å². The molecule has 0 bridgehead atoms. The van der Waals surface area contributed by atoms with Gasteiger partial charge in [0, 0.05) is 26.2 Å².